The fourth-order valence-corrected chi connectivity index (χ4v) is 4.74. The molecule has 0 bridgehead atoms. The van der Waals surface area contributed by atoms with Crippen LogP contribution in [0.25, 0.3) is 0 Å². The number of benzene rings is 2. The van der Waals surface area contributed by atoms with Crippen molar-refractivity contribution in [3.63, 3.8) is 0 Å². The van der Waals surface area contributed by atoms with Crippen molar-refractivity contribution in [2.75, 3.05) is 5.32 Å². The van der Waals surface area contributed by atoms with Gasteiger partial charge in [-0.15, -0.1) is 10.2 Å². The molecule has 2 aliphatic carbocycles. The molecule has 0 radical (unpaired) electrons. The van der Waals surface area contributed by atoms with E-state index in [0.717, 1.165) is 48.6 Å². The molecule has 3 aliphatic rings. The molecule has 2 N–H and O–H groups in total. The summed E-state index contributed by atoms with van der Waals surface area (Å²) in [5.41, 5.74) is 9.95. The highest BCUT2D eigenvalue weighted by Crippen LogP contribution is 2.42. The van der Waals surface area contributed by atoms with E-state index in [0.29, 0.717) is 0 Å². The summed E-state index contributed by atoms with van der Waals surface area (Å²) < 4.78 is 40.6. The third kappa shape index (κ3) is 7.89. The molecule has 0 atom stereocenters. The molecular weight excluding hydrogens is 492 g/mol. The highest BCUT2D eigenvalue weighted by atomic mass is 35.7. The fourth-order valence-electron chi connectivity index (χ4n) is 4.74. The summed E-state index contributed by atoms with van der Waals surface area (Å²) in [5, 5.41) is 3.49. The normalized spacial score (nSPS) is 18.5. The van der Waals surface area contributed by atoms with Gasteiger partial charge in [0.05, 0.1) is 5.57 Å². The van der Waals surface area contributed by atoms with Crippen LogP contribution in [-0.2, 0) is 4.74 Å². The third-order valence-electron chi connectivity index (χ3n) is 6.37. The summed E-state index contributed by atoms with van der Waals surface area (Å²) >= 11 is 0. The summed E-state index contributed by atoms with van der Waals surface area (Å²) in [5.74, 6) is 2.11. The molecule has 0 saturated carbocycles. The Balaban J connectivity index is 0.000000586. The molecule has 0 spiro atoms. The molecule has 0 unspecified atom stereocenters. The van der Waals surface area contributed by atoms with Crippen LogP contribution >= 0.6 is 0 Å². The zero-order chi connectivity index (χ0) is 26.4. The molecule has 194 valence electrons. The first-order valence-electron chi connectivity index (χ1n) is 12.3. The van der Waals surface area contributed by atoms with E-state index in [1.165, 1.54) is 46.3 Å². The SMILES string of the molecule is Cc1cccc(N/C=C2\CCCC3=C2OC2=C(C=[NH+]c4cccc(C)c4)CCCC2=C3)c1.[O-][Cl+3]([O-])([O-])[O-]. The number of halogens is 1. The Morgan fingerprint density at radius 2 is 1.57 bits per heavy atom. The van der Waals surface area contributed by atoms with E-state index in [4.69, 9.17) is 23.4 Å². The lowest BCUT2D eigenvalue weighted by atomic mass is 9.86. The summed E-state index contributed by atoms with van der Waals surface area (Å²) in [6.07, 6.45) is 13.3. The number of rotatable bonds is 4. The van der Waals surface area contributed by atoms with Gasteiger partial charge < -0.3 is 10.1 Å². The lowest BCUT2D eigenvalue weighted by molar-refractivity contribution is -2.00. The molecule has 0 fully saturated rings. The molecule has 1 heterocycles. The number of hydrogen-bond acceptors (Lipinski definition) is 6. The molecule has 0 saturated heterocycles. The van der Waals surface area contributed by atoms with Crippen molar-refractivity contribution in [3.8, 4) is 0 Å². The van der Waals surface area contributed by atoms with Gasteiger partial charge in [-0.2, -0.15) is 0 Å². The number of ether oxygens (including phenoxy) is 1. The number of aryl methyl sites for hydroxylation is 2. The first-order valence-corrected chi connectivity index (χ1v) is 13.5. The molecule has 37 heavy (non-hydrogen) atoms. The van der Waals surface area contributed by atoms with Crippen LogP contribution in [0.15, 0.2) is 94.6 Å². The Kier molecular flexibility index (Phi) is 8.63. The molecule has 0 amide bonds. The summed E-state index contributed by atoms with van der Waals surface area (Å²) in [6, 6.07) is 17.0. The summed E-state index contributed by atoms with van der Waals surface area (Å²) in [6.45, 7) is 4.24. The first-order chi connectivity index (χ1) is 17.7. The average Bonchev–Trinajstić information content (AvgIpc) is 2.84. The van der Waals surface area contributed by atoms with Crippen LogP contribution in [0.4, 0.5) is 11.4 Å². The van der Waals surface area contributed by atoms with Crippen molar-refractivity contribution < 1.29 is 38.6 Å². The lowest BCUT2D eigenvalue weighted by Gasteiger charge is -2.31. The van der Waals surface area contributed by atoms with Crippen molar-refractivity contribution in [2.24, 2.45) is 0 Å². The number of allylic oxidation sites excluding steroid dienone is 5. The number of hydrogen-bond donors (Lipinski definition) is 2. The zero-order valence-electron chi connectivity index (χ0n) is 21.0. The van der Waals surface area contributed by atoms with E-state index in [2.05, 4.69) is 91.2 Å². The highest BCUT2D eigenvalue weighted by Gasteiger charge is 2.29. The van der Waals surface area contributed by atoms with E-state index in [-0.39, 0.29) is 0 Å². The molecule has 1 aliphatic heterocycles. The van der Waals surface area contributed by atoms with Gasteiger partial charge in [-0.05, 0) is 92.9 Å². The van der Waals surface area contributed by atoms with Gasteiger partial charge in [0.25, 0.3) is 0 Å². The fraction of sp³-hybridized carbons (Fsp3) is 0.276. The van der Waals surface area contributed by atoms with Crippen LogP contribution in [-0.4, -0.2) is 6.21 Å². The van der Waals surface area contributed by atoms with Crippen molar-refractivity contribution in [2.45, 2.75) is 52.4 Å². The summed E-state index contributed by atoms with van der Waals surface area (Å²) in [4.78, 5) is 3.49. The second-order valence-electron chi connectivity index (χ2n) is 9.41. The van der Waals surface area contributed by atoms with Gasteiger partial charge in [0.15, 0.2) is 6.21 Å². The maximum atomic E-state index is 8.49. The number of anilines is 1. The minimum atomic E-state index is -4.94. The van der Waals surface area contributed by atoms with Crippen molar-refractivity contribution >= 4 is 17.6 Å². The first kappa shape index (κ1) is 26.9. The van der Waals surface area contributed by atoms with E-state index >= 15 is 0 Å². The predicted octanol–water partition coefficient (Wildman–Crippen LogP) is 1.16. The number of nitrogens with one attached hydrogen (secondary N) is 2. The van der Waals surface area contributed by atoms with Gasteiger partial charge in [-0.1, -0.05) is 24.3 Å². The van der Waals surface area contributed by atoms with Gasteiger partial charge in [-0.3, -0.25) is 0 Å². The van der Waals surface area contributed by atoms with Crippen LogP contribution in [0.2, 0.25) is 0 Å². The van der Waals surface area contributed by atoms with Gasteiger partial charge in [-0.25, -0.2) is 23.6 Å². The topological polar surface area (TPSA) is 127 Å². The summed E-state index contributed by atoms with van der Waals surface area (Å²) in [7, 11) is -4.94. The van der Waals surface area contributed by atoms with Crippen molar-refractivity contribution in [1.82, 2.24) is 0 Å². The molecule has 8 heteroatoms. The molecule has 7 nitrogen and oxygen atoms in total. The van der Waals surface area contributed by atoms with E-state index in [1.807, 2.05) is 0 Å². The second kappa shape index (κ2) is 11.9. The highest BCUT2D eigenvalue weighted by molar-refractivity contribution is 5.78. The Labute approximate surface area is 219 Å². The standard InChI is InChI=1S/C29H30N2O.ClHO4/c1-20-7-3-13-26(15-20)30-18-24-11-5-9-22-17-23-10-6-12-25(29(23)32-28(22)24)19-31-27-14-4-8-21(2)16-27;2-1(3,4)5/h3-4,7-8,13-19,30H,5-6,9-12H2,1-2H3;(H,2,3,4,5)/b24-18+,31-19?;. The van der Waals surface area contributed by atoms with Gasteiger partial charge in [0, 0.05) is 29.6 Å². The minimum absolute atomic E-state index is 1.04. The molecular formula is C29H31ClN2O5. The average molecular weight is 523 g/mol. The maximum absolute atomic E-state index is 8.49. The minimum Gasteiger partial charge on any atom is -0.456 e. The zero-order valence-corrected chi connectivity index (χ0v) is 21.8. The maximum Gasteiger partial charge on any atom is 0.203 e. The van der Waals surface area contributed by atoms with Gasteiger partial charge in [0.2, 0.25) is 5.69 Å². The van der Waals surface area contributed by atoms with E-state index in [9.17, 15) is 0 Å². The van der Waals surface area contributed by atoms with Crippen LogP contribution in [0, 0.1) is 24.1 Å². The largest absolute Gasteiger partial charge is 0.456 e. The molecule has 2 aromatic carbocycles. The Morgan fingerprint density at radius 3 is 2.30 bits per heavy atom. The molecule has 0 aromatic heterocycles. The van der Waals surface area contributed by atoms with Crippen molar-refractivity contribution in [1.29, 1.82) is 0 Å². The smallest absolute Gasteiger partial charge is 0.203 e. The van der Waals surface area contributed by atoms with Crippen LogP contribution in [0.1, 0.15) is 49.7 Å². The Bertz CT molecular complexity index is 1300. The third-order valence-corrected chi connectivity index (χ3v) is 6.37. The molecule has 2 aromatic rings. The number of fused-ring (bicyclic) bond motifs is 1. The second-order valence-corrected chi connectivity index (χ2v) is 10.2. The van der Waals surface area contributed by atoms with E-state index < -0.39 is 10.2 Å². The van der Waals surface area contributed by atoms with Crippen LogP contribution in [0.5, 0.6) is 0 Å². The van der Waals surface area contributed by atoms with Crippen molar-refractivity contribution in [3.05, 3.63) is 106 Å². The van der Waals surface area contributed by atoms with E-state index in [1.54, 1.807) is 0 Å². The van der Waals surface area contributed by atoms with Gasteiger partial charge >= 0.3 is 0 Å². The Hall–Kier alpha value is -3.20. The van der Waals surface area contributed by atoms with Crippen LogP contribution in [0.3, 0.4) is 0 Å². The predicted molar refractivity (Wildman–Crippen MR) is 132 cm³/mol. The quantitative estimate of drug-likeness (QED) is 0.580. The Morgan fingerprint density at radius 1 is 0.865 bits per heavy atom. The lowest BCUT2D eigenvalue weighted by Crippen LogP contribution is -2.68. The van der Waals surface area contributed by atoms with Gasteiger partial charge in [0.1, 0.15) is 11.5 Å². The van der Waals surface area contributed by atoms with Crippen LogP contribution < -0.4 is 28.9 Å². The monoisotopic (exact) mass is 522 g/mol. The molecule has 5 rings (SSSR count).